The monoisotopic (exact) mass is 690 g/mol. The molecule has 0 spiro atoms. The van der Waals surface area contributed by atoms with Crippen molar-refractivity contribution in [3.8, 4) is 0 Å². The summed E-state index contributed by atoms with van der Waals surface area (Å²) in [5.74, 6) is -1.92. The van der Waals surface area contributed by atoms with Gasteiger partial charge >= 0.3 is 264 Å². The van der Waals surface area contributed by atoms with E-state index >= 15 is 0 Å². The van der Waals surface area contributed by atoms with Crippen molar-refractivity contribution in [3.05, 3.63) is 35.9 Å². The molecule has 12 heteroatoms. The van der Waals surface area contributed by atoms with Crippen molar-refractivity contribution in [2.45, 2.75) is 101 Å². The van der Waals surface area contributed by atoms with Gasteiger partial charge in [0.2, 0.25) is 0 Å². The molecule has 0 radical (unpaired) electrons. The number of thioether (sulfide) groups is 1. The molecule has 0 saturated carbocycles. The Balaban J connectivity index is 2.41. The Kier molecular flexibility index (Phi) is 12.5. The molecular formula is C29H46N2O6S2SeSi. The number of β-lactam (4-membered cyclic amide) rings is 1. The number of amides is 1. The van der Waals surface area contributed by atoms with Crippen LogP contribution in [0.5, 0.6) is 0 Å². The van der Waals surface area contributed by atoms with Crippen LogP contribution in [0.4, 0.5) is 0 Å². The number of rotatable bonds is 10. The Labute approximate surface area is 262 Å². The van der Waals surface area contributed by atoms with Crippen molar-refractivity contribution in [1.82, 2.24) is 9.96 Å². The number of carbonyl (C=O) groups is 3. The Bertz CT molecular complexity index is 1090. The Hall–Kier alpha value is -1.43. The molecule has 1 aromatic carbocycles. The Morgan fingerprint density at radius 1 is 1.15 bits per heavy atom. The van der Waals surface area contributed by atoms with Gasteiger partial charge in [-0.1, -0.05) is 0 Å². The van der Waals surface area contributed by atoms with Crippen molar-refractivity contribution in [2.75, 3.05) is 13.3 Å². The van der Waals surface area contributed by atoms with Gasteiger partial charge in [-0.05, 0) is 0 Å². The molecule has 8 nitrogen and oxygen atoms in total. The molecule has 1 unspecified atom stereocenters. The Morgan fingerprint density at radius 2 is 1.73 bits per heavy atom. The summed E-state index contributed by atoms with van der Waals surface area (Å²) >= 11 is 6.35. The standard InChI is InChI=1S/C29H46N2O6S2SeSi/c1-19(37-41(10,11)29(5,6)7)23-24(33)31(25(23)40-18-20-15-13-12-14-16-20)21(26(34)35-28(2,3)4)17-22(32)36-30(8)27(38)39-9/h12-16,19,21,23,25H,17-18H2,1-11H3/t19-,21?,23+,25-/m1/s1. The fourth-order valence-electron chi connectivity index (χ4n) is 4.11. The van der Waals surface area contributed by atoms with E-state index in [-0.39, 0.29) is 43.4 Å². The zero-order valence-electron chi connectivity index (χ0n) is 26.2. The molecule has 0 aliphatic carbocycles. The predicted octanol–water partition coefficient (Wildman–Crippen LogP) is 5.22. The first-order valence-electron chi connectivity index (χ1n) is 13.7. The quantitative estimate of drug-likeness (QED) is 0.108. The topological polar surface area (TPSA) is 85.4 Å². The molecular weight excluding hydrogens is 644 g/mol. The summed E-state index contributed by atoms with van der Waals surface area (Å²) in [6.07, 6.45) is 1.10. The normalized spacial score (nSPS) is 19.2. The van der Waals surface area contributed by atoms with Gasteiger partial charge < -0.3 is 0 Å². The van der Waals surface area contributed by atoms with Crippen molar-refractivity contribution in [2.24, 2.45) is 5.92 Å². The van der Waals surface area contributed by atoms with Crippen LogP contribution in [0.3, 0.4) is 0 Å². The number of thiocarbonyl (C=S) groups is 1. The van der Waals surface area contributed by atoms with E-state index in [0.717, 1.165) is 10.9 Å². The SMILES string of the molecule is CSC(=S)N(C)OC(=O)CC(C(=O)OC(C)(C)C)N1C(=O)[C@H]([C@@H](C)O[Si](C)(C)C(C)(C)C)[C@H]1[Se]Cc1ccccc1. The maximum absolute atomic E-state index is 13.9. The fourth-order valence-corrected chi connectivity index (χ4v) is 9.04. The summed E-state index contributed by atoms with van der Waals surface area (Å²) in [6.45, 7) is 18.1. The van der Waals surface area contributed by atoms with Crippen molar-refractivity contribution < 1.29 is 28.4 Å². The number of esters is 1. The van der Waals surface area contributed by atoms with E-state index < -0.39 is 37.8 Å². The summed E-state index contributed by atoms with van der Waals surface area (Å²) in [5.41, 5.74) is 0.358. The van der Waals surface area contributed by atoms with Gasteiger partial charge in [0.05, 0.1) is 0 Å². The molecule has 0 N–H and O–H groups in total. The van der Waals surface area contributed by atoms with E-state index in [9.17, 15) is 14.4 Å². The van der Waals surface area contributed by atoms with Gasteiger partial charge in [0.15, 0.2) is 0 Å². The van der Waals surface area contributed by atoms with Crippen LogP contribution in [0, 0.1) is 5.92 Å². The number of hydroxylamine groups is 2. The van der Waals surface area contributed by atoms with E-state index in [1.807, 2.05) is 25.1 Å². The molecule has 0 aromatic heterocycles. The Morgan fingerprint density at radius 3 is 2.24 bits per heavy atom. The van der Waals surface area contributed by atoms with Gasteiger partial charge in [0, 0.05) is 0 Å². The number of nitrogens with zero attached hydrogens (tertiary/aromatic N) is 2. The van der Waals surface area contributed by atoms with E-state index in [1.54, 1.807) is 31.9 Å². The third kappa shape index (κ3) is 9.79. The number of hydrogen-bond donors (Lipinski definition) is 0. The predicted molar refractivity (Wildman–Crippen MR) is 172 cm³/mol. The van der Waals surface area contributed by atoms with Crippen LogP contribution < -0.4 is 0 Å². The van der Waals surface area contributed by atoms with Crippen LogP contribution in [0.1, 0.15) is 60.5 Å². The number of ether oxygens (including phenoxy) is 1. The first-order valence-corrected chi connectivity index (χ1v) is 20.4. The zero-order valence-corrected chi connectivity index (χ0v) is 30.5. The second-order valence-corrected chi connectivity index (χ2v) is 21.2. The van der Waals surface area contributed by atoms with Crippen LogP contribution in [0.2, 0.25) is 18.1 Å². The molecule has 4 atom stereocenters. The van der Waals surface area contributed by atoms with Crippen LogP contribution in [-0.2, 0) is 33.7 Å². The van der Waals surface area contributed by atoms with Gasteiger partial charge in [-0.2, -0.15) is 0 Å². The zero-order chi connectivity index (χ0) is 31.3. The summed E-state index contributed by atoms with van der Waals surface area (Å²) in [7, 11) is -0.633. The molecule has 1 saturated heterocycles. The molecule has 230 valence electrons. The minimum absolute atomic E-state index is 0.0232. The maximum atomic E-state index is 13.9. The van der Waals surface area contributed by atoms with Gasteiger partial charge in [0.1, 0.15) is 0 Å². The molecule has 2 rings (SSSR count). The molecule has 1 amide bonds. The van der Waals surface area contributed by atoms with E-state index in [4.69, 9.17) is 26.2 Å². The van der Waals surface area contributed by atoms with E-state index in [2.05, 4.69) is 46.0 Å². The van der Waals surface area contributed by atoms with Crippen LogP contribution in [-0.4, -0.2) is 91.4 Å². The second-order valence-electron chi connectivity index (χ2n) is 12.7. The third-order valence-electron chi connectivity index (χ3n) is 7.22. The van der Waals surface area contributed by atoms with E-state index in [1.165, 1.54) is 23.9 Å². The molecule has 1 aliphatic rings. The second kappa shape index (κ2) is 14.4. The summed E-state index contributed by atoms with van der Waals surface area (Å²) < 4.78 is 12.7. The number of benzene rings is 1. The first kappa shape index (κ1) is 35.8. The van der Waals surface area contributed by atoms with Gasteiger partial charge in [-0.15, -0.1) is 0 Å². The number of likely N-dealkylation sites (tertiary alicyclic amines) is 1. The average Bonchev–Trinajstić information content (AvgIpc) is 2.83. The summed E-state index contributed by atoms with van der Waals surface area (Å²) in [4.78, 5) is 47.1. The molecule has 41 heavy (non-hydrogen) atoms. The first-order chi connectivity index (χ1) is 18.8. The molecule has 1 aromatic rings. The third-order valence-corrected chi connectivity index (χ3v) is 16.0. The summed E-state index contributed by atoms with van der Waals surface area (Å²) in [6, 6.07) is 8.95. The van der Waals surface area contributed by atoms with E-state index in [0.29, 0.717) is 4.32 Å². The molecule has 0 bridgehead atoms. The van der Waals surface area contributed by atoms with Crippen LogP contribution >= 0.6 is 24.0 Å². The minimum atomic E-state index is -2.17. The average molecular weight is 690 g/mol. The molecule has 1 heterocycles. The number of hydrogen-bond acceptors (Lipinski definition) is 8. The summed E-state index contributed by atoms with van der Waals surface area (Å²) in [5, 5.41) is 1.94. The van der Waals surface area contributed by atoms with Crippen molar-refractivity contribution >= 4 is 69.4 Å². The fraction of sp³-hybridized carbons (Fsp3) is 0.655. The van der Waals surface area contributed by atoms with Crippen LogP contribution in [0.15, 0.2) is 30.3 Å². The molecule has 1 aliphatic heterocycles. The number of carbonyl (C=O) groups excluding carboxylic acids is 3. The van der Waals surface area contributed by atoms with Crippen molar-refractivity contribution in [3.63, 3.8) is 0 Å². The van der Waals surface area contributed by atoms with Gasteiger partial charge in [0.25, 0.3) is 0 Å². The van der Waals surface area contributed by atoms with Crippen molar-refractivity contribution in [1.29, 1.82) is 0 Å². The van der Waals surface area contributed by atoms with Gasteiger partial charge in [-0.3, -0.25) is 0 Å². The molecule has 1 fully saturated rings. The van der Waals surface area contributed by atoms with Crippen LogP contribution in [0.25, 0.3) is 0 Å². The van der Waals surface area contributed by atoms with Gasteiger partial charge in [-0.25, -0.2) is 0 Å².